The van der Waals surface area contributed by atoms with Gasteiger partial charge in [-0.25, -0.2) is 4.98 Å². The molecule has 1 saturated carbocycles. The second-order valence-corrected chi connectivity index (χ2v) is 17.9. The number of hydrogen-bond acceptors (Lipinski definition) is 14. The molecule has 67 heavy (non-hydrogen) atoms. The van der Waals surface area contributed by atoms with Crippen LogP contribution in [-0.4, -0.2) is 150 Å². The number of ether oxygens (including phenoxy) is 2. The van der Waals surface area contributed by atoms with Gasteiger partial charge in [0.15, 0.2) is 5.82 Å². The Kier molecular flexibility index (Phi) is 12.6. The van der Waals surface area contributed by atoms with Gasteiger partial charge in [-0.05, 0) is 61.9 Å². The second-order valence-electron chi connectivity index (χ2n) is 17.9. The summed E-state index contributed by atoms with van der Waals surface area (Å²) >= 11 is 0. The van der Waals surface area contributed by atoms with E-state index in [-0.39, 0.29) is 71.7 Å². The highest BCUT2D eigenvalue weighted by Crippen LogP contribution is 2.40. The number of nitrogens with one attached hydrogen (secondary N) is 3. The topological polar surface area (TPSA) is 216 Å². The first kappa shape index (κ1) is 45.5. The van der Waals surface area contributed by atoms with E-state index >= 15 is 8.78 Å². The van der Waals surface area contributed by atoms with E-state index in [9.17, 15) is 33.6 Å². The van der Waals surface area contributed by atoms with Crippen LogP contribution in [0.25, 0.3) is 0 Å². The van der Waals surface area contributed by atoms with E-state index in [1.165, 1.54) is 25.3 Å². The Bertz CT molecular complexity index is 2510. The number of halogens is 2. The quantitative estimate of drug-likeness (QED) is 0.236. The van der Waals surface area contributed by atoms with Gasteiger partial charge < -0.3 is 34.8 Å². The molecular formula is C46H52F2N10O9. The molecule has 0 radical (unpaired) electrons. The van der Waals surface area contributed by atoms with Crippen LogP contribution in [0.15, 0.2) is 42.6 Å². The molecule has 2 atom stereocenters. The maximum Gasteiger partial charge on any atom is 0.342 e. The Labute approximate surface area is 384 Å². The third kappa shape index (κ3) is 9.13. The molecule has 354 valence electrons. The minimum Gasteiger partial charge on any atom is -0.495 e. The van der Waals surface area contributed by atoms with Crippen molar-refractivity contribution in [3.63, 3.8) is 0 Å². The largest absolute Gasteiger partial charge is 0.495 e. The highest BCUT2D eigenvalue weighted by atomic mass is 19.3. The van der Waals surface area contributed by atoms with Gasteiger partial charge >= 0.3 is 5.92 Å². The average molecular weight is 927 g/mol. The van der Waals surface area contributed by atoms with Gasteiger partial charge in [0.1, 0.15) is 17.5 Å². The molecule has 19 nitrogen and oxygen atoms in total. The fourth-order valence-corrected chi connectivity index (χ4v) is 10.0. The molecule has 0 spiro atoms. The van der Waals surface area contributed by atoms with Crippen molar-refractivity contribution >= 4 is 64.5 Å². The van der Waals surface area contributed by atoms with E-state index in [0.717, 1.165) is 22.6 Å². The molecule has 21 heteroatoms. The normalized spacial score (nSPS) is 22.7. The van der Waals surface area contributed by atoms with Gasteiger partial charge in [-0.2, -0.15) is 13.8 Å². The summed E-state index contributed by atoms with van der Waals surface area (Å²) < 4.78 is 41.8. The molecular weight excluding hydrogens is 875 g/mol. The summed E-state index contributed by atoms with van der Waals surface area (Å²) in [7, 11) is 2.75. The second kappa shape index (κ2) is 18.6. The van der Waals surface area contributed by atoms with Crippen molar-refractivity contribution in [3.8, 4) is 5.75 Å². The molecule has 7 amide bonds. The smallest absolute Gasteiger partial charge is 0.342 e. The van der Waals surface area contributed by atoms with Crippen LogP contribution in [-0.2, 0) is 30.5 Å². The third-order valence-corrected chi connectivity index (χ3v) is 13.6. The van der Waals surface area contributed by atoms with E-state index in [1.807, 2.05) is 0 Å². The highest BCUT2D eigenvalue weighted by Gasteiger charge is 2.49. The molecule has 3 aromatic rings. The maximum atomic E-state index is 15.1. The monoisotopic (exact) mass is 926 g/mol. The van der Waals surface area contributed by atoms with E-state index in [0.29, 0.717) is 87.6 Å². The molecule has 3 N–H and O–H groups in total. The zero-order valence-corrected chi connectivity index (χ0v) is 37.2. The van der Waals surface area contributed by atoms with Crippen LogP contribution in [0.5, 0.6) is 5.75 Å². The maximum absolute atomic E-state index is 15.1. The fourth-order valence-electron chi connectivity index (χ4n) is 10.0. The predicted octanol–water partition coefficient (Wildman–Crippen LogP) is 3.00. The summed E-state index contributed by atoms with van der Waals surface area (Å²) in [6.07, 6.45) is 5.47. The van der Waals surface area contributed by atoms with Crippen LogP contribution in [0.4, 0.5) is 31.9 Å². The first-order valence-corrected chi connectivity index (χ1v) is 22.7. The third-order valence-electron chi connectivity index (χ3n) is 13.6. The molecule has 1 aliphatic carbocycles. The number of amides is 7. The number of aromatic nitrogens is 2. The summed E-state index contributed by atoms with van der Waals surface area (Å²) in [5.41, 5.74) is 2.03. The average Bonchev–Trinajstić information content (AvgIpc) is 3.93. The molecule has 9 rings (SSSR count). The van der Waals surface area contributed by atoms with Crippen molar-refractivity contribution in [3.05, 3.63) is 64.8 Å². The summed E-state index contributed by atoms with van der Waals surface area (Å²) in [5, 5.41) is 8.38. The first-order valence-electron chi connectivity index (χ1n) is 22.7. The Morgan fingerprint density at radius 1 is 0.985 bits per heavy atom. The van der Waals surface area contributed by atoms with Crippen LogP contribution in [0, 0.1) is 0 Å². The number of benzene rings is 2. The lowest BCUT2D eigenvalue weighted by molar-refractivity contribution is -0.140. The highest BCUT2D eigenvalue weighted by molar-refractivity contribution is 6.24. The number of carbonyl (C=O) groups is 7. The number of methoxy groups -OCH3 is 1. The van der Waals surface area contributed by atoms with Crippen LogP contribution < -0.4 is 30.5 Å². The Hall–Kier alpha value is -6.61. The molecule has 2 aromatic carbocycles. The number of piperidine rings is 2. The Morgan fingerprint density at radius 3 is 2.51 bits per heavy atom. The lowest BCUT2D eigenvalue weighted by Crippen LogP contribution is -2.54. The number of anilines is 4. The summed E-state index contributed by atoms with van der Waals surface area (Å²) in [6.45, 7) is 1.73. The predicted molar refractivity (Wildman–Crippen MR) is 236 cm³/mol. The molecule has 1 unspecified atom stereocenters. The van der Waals surface area contributed by atoms with Crippen LogP contribution in [0.1, 0.15) is 94.4 Å². The minimum atomic E-state index is -3.61. The molecule has 4 fully saturated rings. The van der Waals surface area contributed by atoms with Gasteiger partial charge in [-0.1, -0.05) is 25.0 Å². The number of morpholine rings is 1. The molecule has 6 heterocycles. The van der Waals surface area contributed by atoms with E-state index < -0.39 is 54.1 Å². The SMILES string of the molecule is COc1cc(C(=O)NC2CCN(C(=O)C[C@@H]3CN(Cc4cccc5c4C(=O)N(C4CCC(=O)NC4=O)C5=O)CCO3)CC2)ccc1Nc1ncc2c(n1)N(C1CCCC1)CC(F)(F)C(=O)N2C. The van der Waals surface area contributed by atoms with Crippen molar-refractivity contribution in [2.45, 2.75) is 94.5 Å². The minimum absolute atomic E-state index is 0.0312. The standard InChI is InChI=1S/C46H52F2N10O9/c1-54-34-22-49-45(53-39(34)57(29-7-3-4-8-29)25-46(47,48)44(54)65)51-32-11-10-26(20-35(32)66-2)40(61)50-28-14-16-56(17-15-28)37(60)21-30-24-55(18-19-67-30)23-27-6-5-9-31-38(27)43(64)58(42(31)63)33-12-13-36(59)52-41(33)62/h5-6,9-11,20,22,28-30,33H,3-4,7-8,12-19,21,23-25H2,1-2H3,(H,50,61)(H,49,51,53)(H,52,59,62)/t30-,33?/m1/s1. The van der Waals surface area contributed by atoms with Gasteiger partial charge in [0, 0.05) is 63.8 Å². The summed E-state index contributed by atoms with van der Waals surface area (Å²) in [5.74, 6) is -6.91. The van der Waals surface area contributed by atoms with Gasteiger partial charge in [0.25, 0.3) is 23.6 Å². The van der Waals surface area contributed by atoms with Crippen molar-refractivity contribution < 1.29 is 51.8 Å². The lowest BCUT2D eigenvalue weighted by Gasteiger charge is -2.36. The Morgan fingerprint density at radius 2 is 1.76 bits per heavy atom. The lowest BCUT2D eigenvalue weighted by atomic mass is 10.0. The number of nitrogens with zero attached hydrogens (tertiary/aromatic N) is 7. The van der Waals surface area contributed by atoms with Crippen LogP contribution >= 0.6 is 0 Å². The number of carbonyl (C=O) groups excluding carboxylic acids is 7. The van der Waals surface area contributed by atoms with Crippen molar-refractivity contribution in [2.24, 2.45) is 0 Å². The number of imide groups is 2. The number of alkyl halides is 2. The zero-order chi connectivity index (χ0) is 47.1. The van der Waals surface area contributed by atoms with Crippen molar-refractivity contribution in [2.75, 3.05) is 68.6 Å². The van der Waals surface area contributed by atoms with Gasteiger partial charge in [-0.15, -0.1) is 0 Å². The molecule has 3 saturated heterocycles. The van der Waals surface area contributed by atoms with E-state index in [2.05, 4.69) is 30.8 Å². The molecule has 1 aromatic heterocycles. The molecule has 5 aliphatic heterocycles. The van der Waals surface area contributed by atoms with E-state index in [1.54, 1.807) is 41.3 Å². The van der Waals surface area contributed by atoms with Gasteiger partial charge in [0.05, 0.1) is 55.8 Å². The number of fused-ring (bicyclic) bond motifs is 2. The zero-order valence-electron chi connectivity index (χ0n) is 37.2. The molecule has 6 aliphatic rings. The van der Waals surface area contributed by atoms with E-state index in [4.69, 9.17) is 9.47 Å². The Balaban J connectivity index is 0.771. The molecule has 0 bridgehead atoms. The van der Waals surface area contributed by atoms with Gasteiger partial charge in [0.2, 0.25) is 23.7 Å². The first-order chi connectivity index (χ1) is 32.2. The number of likely N-dealkylation sites (tertiary alicyclic amines) is 1. The fraction of sp³-hybridized carbons (Fsp3) is 0.500. The summed E-state index contributed by atoms with van der Waals surface area (Å²) in [6, 6.07) is 8.43. The summed E-state index contributed by atoms with van der Waals surface area (Å²) in [4.78, 5) is 107. The van der Waals surface area contributed by atoms with Crippen molar-refractivity contribution in [1.29, 1.82) is 0 Å². The number of rotatable bonds is 11. The van der Waals surface area contributed by atoms with Crippen LogP contribution in [0.3, 0.4) is 0 Å². The van der Waals surface area contributed by atoms with Crippen LogP contribution in [0.2, 0.25) is 0 Å². The van der Waals surface area contributed by atoms with Gasteiger partial charge in [-0.3, -0.25) is 48.7 Å². The van der Waals surface area contributed by atoms with Crippen molar-refractivity contribution in [1.82, 2.24) is 35.3 Å². The number of hydrogen-bond donors (Lipinski definition) is 3.